The van der Waals surface area contributed by atoms with Crippen LogP contribution in [0.5, 0.6) is 0 Å². The van der Waals surface area contributed by atoms with E-state index in [-0.39, 0.29) is 5.69 Å². The van der Waals surface area contributed by atoms with Gasteiger partial charge in [-0.25, -0.2) is 0 Å². The molecule has 0 saturated carbocycles. The first-order valence-corrected chi connectivity index (χ1v) is 5.21. The Hall–Kier alpha value is -2.13. The summed E-state index contributed by atoms with van der Waals surface area (Å²) in [5.41, 5.74) is 0.792. The Morgan fingerprint density at radius 2 is 2.38 bits per heavy atom. The molecular weight excluding hydrogens is 226 g/mol. The molecule has 2 rings (SSSR count). The second kappa shape index (κ2) is 3.79. The summed E-state index contributed by atoms with van der Waals surface area (Å²) in [6.07, 6.45) is 5.20. The van der Waals surface area contributed by atoms with Gasteiger partial charge < -0.3 is 4.57 Å². The largest absolute Gasteiger partial charge is 0.305 e. The van der Waals surface area contributed by atoms with Crippen LogP contribution in [0.2, 0.25) is 0 Å². The molecule has 0 radical (unpaired) electrons. The summed E-state index contributed by atoms with van der Waals surface area (Å²) in [6, 6.07) is 4.51. The van der Waals surface area contributed by atoms with Crippen molar-refractivity contribution in [1.29, 1.82) is 5.41 Å². The van der Waals surface area contributed by atoms with Gasteiger partial charge >= 0.3 is 0 Å². The smallest absolute Gasteiger partial charge is 0.270 e. The van der Waals surface area contributed by atoms with E-state index in [0.717, 1.165) is 5.52 Å². The summed E-state index contributed by atoms with van der Waals surface area (Å²) < 4.78 is 2.35. The topological polar surface area (TPSA) is 71.9 Å². The molecule has 6 heteroatoms. The SMILES string of the molecule is C#CCn1c(=N)sc2cc([N+](=O)[O-])ccc21. The van der Waals surface area contributed by atoms with Gasteiger partial charge in [0.15, 0.2) is 4.80 Å². The molecule has 80 valence electrons. The molecule has 0 aliphatic carbocycles. The van der Waals surface area contributed by atoms with E-state index < -0.39 is 4.92 Å². The van der Waals surface area contributed by atoms with Crippen LogP contribution in [-0.2, 0) is 6.54 Å². The molecule has 0 aliphatic rings. The number of nitro groups is 1. The molecule has 1 aromatic carbocycles. The van der Waals surface area contributed by atoms with Crippen molar-refractivity contribution in [3.63, 3.8) is 0 Å². The second-order valence-electron chi connectivity index (χ2n) is 3.11. The van der Waals surface area contributed by atoms with Gasteiger partial charge in [-0.2, -0.15) is 0 Å². The molecule has 0 amide bonds. The monoisotopic (exact) mass is 233 g/mol. The predicted octanol–water partition coefficient (Wildman–Crippen LogP) is 1.72. The number of hydrogen-bond acceptors (Lipinski definition) is 4. The lowest BCUT2D eigenvalue weighted by Crippen LogP contribution is -2.11. The molecule has 0 saturated heterocycles. The van der Waals surface area contributed by atoms with Crippen LogP contribution < -0.4 is 4.80 Å². The predicted molar refractivity (Wildman–Crippen MR) is 61.2 cm³/mol. The zero-order valence-electron chi connectivity index (χ0n) is 8.14. The van der Waals surface area contributed by atoms with Gasteiger partial charge in [0.2, 0.25) is 0 Å². The first kappa shape index (κ1) is 10.4. The molecule has 1 aromatic heterocycles. The Morgan fingerprint density at radius 3 is 3.00 bits per heavy atom. The molecule has 0 spiro atoms. The summed E-state index contributed by atoms with van der Waals surface area (Å²) >= 11 is 1.18. The van der Waals surface area contributed by atoms with Crippen LogP contribution in [-0.4, -0.2) is 9.49 Å². The number of nitro benzene ring substituents is 1. The van der Waals surface area contributed by atoms with Crippen LogP contribution >= 0.6 is 11.3 Å². The number of benzene rings is 1. The van der Waals surface area contributed by atoms with Crippen molar-refractivity contribution in [2.24, 2.45) is 0 Å². The standard InChI is InChI=1S/C10H7N3O2S/c1-2-5-12-8-4-3-7(13(14)15)6-9(8)16-10(12)11/h1,3-4,6,11H,5H2. The molecule has 0 bridgehead atoms. The Morgan fingerprint density at radius 1 is 1.62 bits per heavy atom. The van der Waals surface area contributed by atoms with Crippen LogP contribution in [0, 0.1) is 27.9 Å². The van der Waals surface area contributed by atoms with Crippen molar-refractivity contribution < 1.29 is 4.92 Å². The summed E-state index contributed by atoms with van der Waals surface area (Å²) in [4.78, 5) is 10.4. The van der Waals surface area contributed by atoms with Gasteiger partial charge in [-0.15, -0.1) is 6.42 Å². The third kappa shape index (κ3) is 1.57. The quantitative estimate of drug-likeness (QED) is 0.487. The van der Waals surface area contributed by atoms with Crippen molar-refractivity contribution in [1.82, 2.24) is 4.57 Å². The van der Waals surface area contributed by atoms with E-state index in [2.05, 4.69) is 5.92 Å². The molecule has 0 atom stereocenters. The van der Waals surface area contributed by atoms with E-state index in [9.17, 15) is 10.1 Å². The number of nitrogens with zero attached hydrogens (tertiary/aromatic N) is 2. The summed E-state index contributed by atoms with van der Waals surface area (Å²) in [6.45, 7) is 0.302. The Kier molecular flexibility index (Phi) is 2.46. The number of nitrogens with one attached hydrogen (secondary N) is 1. The van der Waals surface area contributed by atoms with Crippen LogP contribution in [0.15, 0.2) is 18.2 Å². The lowest BCUT2D eigenvalue weighted by atomic mass is 10.3. The molecule has 0 unspecified atom stereocenters. The van der Waals surface area contributed by atoms with Crippen LogP contribution in [0.4, 0.5) is 5.69 Å². The lowest BCUT2D eigenvalue weighted by molar-refractivity contribution is -0.384. The average Bonchev–Trinajstić information content (AvgIpc) is 2.55. The van der Waals surface area contributed by atoms with E-state index in [4.69, 9.17) is 11.8 Å². The highest BCUT2D eigenvalue weighted by molar-refractivity contribution is 7.16. The molecule has 16 heavy (non-hydrogen) atoms. The minimum absolute atomic E-state index is 0.0293. The number of fused-ring (bicyclic) bond motifs is 1. The number of thiazole rings is 1. The molecular formula is C10H7N3O2S. The van der Waals surface area contributed by atoms with Gasteiger partial charge in [-0.1, -0.05) is 17.3 Å². The first-order valence-electron chi connectivity index (χ1n) is 4.39. The fraction of sp³-hybridized carbons (Fsp3) is 0.100. The number of non-ortho nitro benzene ring substituents is 1. The van der Waals surface area contributed by atoms with Crippen LogP contribution in [0.1, 0.15) is 0 Å². The fourth-order valence-electron chi connectivity index (χ4n) is 1.44. The average molecular weight is 233 g/mol. The second-order valence-corrected chi connectivity index (χ2v) is 4.14. The normalized spacial score (nSPS) is 10.2. The van der Waals surface area contributed by atoms with Crippen molar-refractivity contribution in [2.45, 2.75) is 6.54 Å². The Bertz CT molecular complexity index is 663. The zero-order chi connectivity index (χ0) is 11.7. The van der Waals surface area contributed by atoms with Gasteiger partial charge in [-0.05, 0) is 6.07 Å². The number of terminal acetylenes is 1. The number of rotatable bonds is 2. The van der Waals surface area contributed by atoms with Crippen molar-refractivity contribution >= 4 is 27.2 Å². The van der Waals surface area contributed by atoms with Crippen LogP contribution in [0.3, 0.4) is 0 Å². The lowest BCUT2D eigenvalue weighted by Gasteiger charge is -1.97. The number of hydrogen-bond donors (Lipinski definition) is 1. The van der Waals surface area contributed by atoms with Gasteiger partial charge in [0.1, 0.15) is 0 Å². The zero-order valence-corrected chi connectivity index (χ0v) is 8.95. The van der Waals surface area contributed by atoms with E-state index in [1.54, 1.807) is 10.6 Å². The summed E-state index contributed by atoms with van der Waals surface area (Å²) in [5, 5.41) is 18.3. The van der Waals surface area contributed by atoms with Gasteiger partial charge in [0, 0.05) is 12.1 Å². The fourth-order valence-corrected chi connectivity index (χ4v) is 2.38. The van der Waals surface area contributed by atoms with Crippen LogP contribution in [0.25, 0.3) is 10.2 Å². The molecule has 1 N–H and O–H groups in total. The van der Waals surface area contributed by atoms with Gasteiger partial charge in [-0.3, -0.25) is 15.5 Å². The van der Waals surface area contributed by atoms with Gasteiger partial charge in [0.05, 0.1) is 21.7 Å². The van der Waals surface area contributed by atoms with E-state index in [0.29, 0.717) is 16.0 Å². The first-order chi connectivity index (χ1) is 7.63. The highest BCUT2D eigenvalue weighted by Gasteiger charge is 2.10. The van der Waals surface area contributed by atoms with Gasteiger partial charge in [0.25, 0.3) is 5.69 Å². The third-order valence-electron chi connectivity index (χ3n) is 2.15. The van der Waals surface area contributed by atoms with Crippen molar-refractivity contribution in [2.75, 3.05) is 0 Å². The minimum Gasteiger partial charge on any atom is -0.305 e. The molecule has 1 heterocycles. The van der Waals surface area contributed by atoms with E-state index in [1.807, 2.05) is 0 Å². The molecule has 2 aromatic rings. The number of aromatic nitrogens is 1. The highest BCUT2D eigenvalue weighted by Crippen LogP contribution is 2.22. The van der Waals surface area contributed by atoms with E-state index >= 15 is 0 Å². The maximum Gasteiger partial charge on any atom is 0.270 e. The third-order valence-corrected chi connectivity index (χ3v) is 3.11. The summed E-state index contributed by atoms with van der Waals surface area (Å²) in [5.74, 6) is 2.46. The minimum atomic E-state index is -0.450. The van der Waals surface area contributed by atoms with E-state index in [1.165, 1.54) is 23.5 Å². The molecule has 0 aliphatic heterocycles. The Labute approximate surface area is 94.6 Å². The molecule has 5 nitrogen and oxygen atoms in total. The van der Waals surface area contributed by atoms with Crippen molar-refractivity contribution in [3.8, 4) is 12.3 Å². The maximum atomic E-state index is 10.6. The Balaban J connectivity index is 2.71. The highest BCUT2D eigenvalue weighted by atomic mass is 32.1. The summed E-state index contributed by atoms with van der Waals surface area (Å²) in [7, 11) is 0. The van der Waals surface area contributed by atoms with Crippen molar-refractivity contribution in [3.05, 3.63) is 33.1 Å². The molecule has 0 fully saturated rings. The maximum absolute atomic E-state index is 10.6.